The number of hydrogen-bond donors (Lipinski definition) is 1. The third kappa shape index (κ3) is 1.96. The first-order valence-corrected chi connectivity index (χ1v) is 4.27. The van der Waals surface area contributed by atoms with Crippen molar-refractivity contribution < 1.29 is 5.11 Å². The van der Waals surface area contributed by atoms with Gasteiger partial charge in [0.15, 0.2) is 0 Å². The Morgan fingerprint density at radius 1 is 1.58 bits per heavy atom. The summed E-state index contributed by atoms with van der Waals surface area (Å²) < 4.78 is 0. The lowest BCUT2D eigenvalue weighted by Crippen LogP contribution is -2.04. The molecule has 0 aliphatic rings. The number of aromatic nitrogens is 1. The highest BCUT2D eigenvalue weighted by Crippen LogP contribution is 2.18. The molecule has 2 nitrogen and oxygen atoms in total. The van der Waals surface area contributed by atoms with Crippen LogP contribution >= 0.6 is 11.6 Å². The summed E-state index contributed by atoms with van der Waals surface area (Å²) in [5.74, 6) is 0.0590. The molecule has 1 aromatic heterocycles. The summed E-state index contributed by atoms with van der Waals surface area (Å²) in [7, 11) is 0. The first-order valence-electron chi connectivity index (χ1n) is 3.89. The van der Waals surface area contributed by atoms with Crippen LogP contribution in [0.15, 0.2) is 12.1 Å². The zero-order valence-electron chi connectivity index (χ0n) is 7.21. The van der Waals surface area contributed by atoms with Crippen molar-refractivity contribution in [3.63, 3.8) is 0 Å². The zero-order chi connectivity index (χ0) is 9.14. The zero-order valence-corrected chi connectivity index (χ0v) is 7.97. The van der Waals surface area contributed by atoms with Crippen molar-refractivity contribution in [1.29, 1.82) is 0 Å². The fourth-order valence-electron chi connectivity index (χ4n) is 1.10. The number of aliphatic hydroxyl groups is 1. The number of pyridine rings is 1. The molecule has 1 unspecified atom stereocenters. The van der Waals surface area contributed by atoms with Crippen molar-refractivity contribution >= 4 is 11.6 Å². The fourth-order valence-corrected chi connectivity index (χ4v) is 1.26. The SMILES string of the molecule is Cc1ccc(Cl)nc1C(C)CO. The Bertz CT molecular complexity index is 275. The van der Waals surface area contributed by atoms with E-state index in [0.717, 1.165) is 11.3 Å². The Balaban J connectivity index is 3.04. The minimum absolute atomic E-state index is 0.0590. The van der Waals surface area contributed by atoms with Crippen LogP contribution in [0.2, 0.25) is 5.15 Å². The Hall–Kier alpha value is -0.600. The van der Waals surface area contributed by atoms with E-state index < -0.39 is 0 Å². The van der Waals surface area contributed by atoms with Gasteiger partial charge in [-0.25, -0.2) is 4.98 Å². The lowest BCUT2D eigenvalue weighted by Gasteiger charge is -2.10. The third-order valence-corrected chi connectivity index (χ3v) is 2.05. The largest absolute Gasteiger partial charge is 0.396 e. The Labute approximate surface area is 77.2 Å². The van der Waals surface area contributed by atoms with Crippen LogP contribution in [0, 0.1) is 6.92 Å². The highest BCUT2D eigenvalue weighted by molar-refractivity contribution is 6.29. The molecule has 0 radical (unpaired) electrons. The number of aryl methyl sites for hydroxylation is 1. The molecule has 0 fully saturated rings. The van der Waals surface area contributed by atoms with Crippen molar-refractivity contribution in [2.75, 3.05) is 6.61 Å². The lowest BCUT2D eigenvalue weighted by molar-refractivity contribution is 0.270. The molecule has 0 aliphatic carbocycles. The molecule has 1 N–H and O–H groups in total. The predicted octanol–water partition coefficient (Wildman–Crippen LogP) is 2.14. The van der Waals surface area contributed by atoms with Crippen LogP contribution in [0.5, 0.6) is 0 Å². The molecule has 66 valence electrons. The highest BCUT2D eigenvalue weighted by Gasteiger charge is 2.08. The molecule has 0 aromatic carbocycles. The average Bonchev–Trinajstić information content (AvgIpc) is 2.08. The maximum Gasteiger partial charge on any atom is 0.129 e. The summed E-state index contributed by atoms with van der Waals surface area (Å²) in [5.41, 5.74) is 1.95. The number of rotatable bonds is 2. The van der Waals surface area contributed by atoms with Gasteiger partial charge in [0.1, 0.15) is 5.15 Å². The molecule has 0 saturated heterocycles. The van der Waals surface area contributed by atoms with Crippen LogP contribution < -0.4 is 0 Å². The van der Waals surface area contributed by atoms with Crippen LogP contribution in [-0.2, 0) is 0 Å². The van der Waals surface area contributed by atoms with Gasteiger partial charge in [-0.1, -0.05) is 24.6 Å². The van der Waals surface area contributed by atoms with Crippen molar-refractivity contribution in [2.24, 2.45) is 0 Å². The molecule has 0 saturated carbocycles. The lowest BCUT2D eigenvalue weighted by atomic mass is 10.0. The molecule has 1 atom stereocenters. The van der Waals surface area contributed by atoms with Crippen LogP contribution in [-0.4, -0.2) is 16.7 Å². The maximum absolute atomic E-state index is 8.92. The van der Waals surface area contributed by atoms with Crippen molar-refractivity contribution in [3.8, 4) is 0 Å². The molecule has 1 aromatic rings. The van der Waals surface area contributed by atoms with Gasteiger partial charge in [0.25, 0.3) is 0 Å². The first-order chi connectivity index (χ1) is 5.65. The molecule has 0 amide bonds. The van der Waals surface area contributed by atoms with Gasteiger partial charge < -0.3 is 5.11 Å². The van der Waals surface area contributed by atoms with E-state index in [4.69, 9.17) is 16.7 Å². The monoisotopic (exact) mass is 185 g/mol. The number of halogens is 1. The van der Waals surface area contributed by atoms with Crippen LogP contribution in [0.1, 0.15) is 24.1 Å². The maximum atomic E-state index is 8.92. The topological polar surface area (TPSA) is 33.1 Å². The van der Waals surface area contributed by atoms with E-state index in [0.29, 0.717) is 5.15 Å². The van der Waals surface area contributed by atoms with E-state index in [1.54, 1.807) is 6.07 Å². The van der Waals surface area contributed by atoms with E-state index in [1.807, 2.05) is 19.9 Å². The summed E-state index contributed by atoms with van der Waals surface area (Å²) in [6.45, 7) is 3.99. The van der Waals surface area contributed by atoms with E-state index in [2.05, 4.69) is 4.98 Å². The summed E-state index contributed by atoms with van der Waals surface area (Å²) in [5, 5.41) is 9.40. The van der Waals surface area contributed by atoms with Crippen molar-refractivity contribution in [3.05, 3.63) is 28.5 Å². The quantitative estimate of drug-likeness (QED) is 0.717. The third-order valence-electron chi connectivity index (χ3n) is 1.84. The molecule has 12 heavy (non-hydrogen) atoms. The standard InChI is InChI=1S/C9H12ClNO/c1-6-3-4-8(10)11-9(6)7(2)5-12/h3-4,7,12H,5H2,1-2H3. The van der Waals surface area contributed by atoms with Crippen LogP contribution in [0.3, 0.4) is 0 Å². The first kappa shape index (κ1) is 9.49. The number of hydrogen-bond acceptors (Lipinski definition) is 2. The molecule has 0 bridgehead atoms. The van der Waals surface area contributed by atoms with Crippen LogP contribution in [0.25, 0.3) is 0 Å². The molecule has 3 heteroatoms. The average molecular weight is 186 g/mol. The molecule has 0 aliphatic heterocycles. The minimum Gasteiger partial charge on any atom is -0.396 e. The Morgan fingerprint density at radius 3 is 2.83 bits per heavy atom. The second-order valence-corrected chi connectivity index (χ2v) is 3.31. The van der Waals surface area contributed by atoms with Gasteiger partial charge in [0.05, 0.1) is 12.3 Å². The van der Waals surface area contributed by atoms with Gasteiger partial charge in [-0.15, -0.1) is 0 Å². The Morgan fingerprint density at radius 2 is 2.25 bits per heavy atom. The molecule has 1 heterocycles. The predicted molar refractivity (Wildman–Crippen MR) is 49.5 cm³/mol. The van der Waals surface area contributed by atoms with Gasteiger partial charge in [0, 0.05) is 5.92 Å². The van der Waals surface area contributed by atoms with E-state index >= 15 is 0 Å². The molecule has 1 rings (SSSR count). The summed E-state index contributed by atoms with van der Waals surface area (Å²) in [6.07, 6.45) is 0. The van der Waals surface area contributed by atoms with Crippen molar-refractivity contribution in [2.45, 2.75) is 19.8 Å². The van der Waals surface area contributed by atoms with Gasteiger partial charge in [0.2, 0.25) is 0 Å². The van der Waals surface area contributed by atoms with E-state index in [1.165, 1.54) is 0 Å². The summed E-state index contributed by atoms with van der Waals surface area (Å²) >= 11 is 5.73. The normalized spacial score (nSPS) is 13.0. The van der Waals surface area contributed by atoms with E-state index in [9.17, 15) is 0 Å². The van der Waals surface area contributed by atoms with Gasteiger partial charge in [-0.2, -0.15) is 0 Å². The number of nitrogens with zero attached hydrogens (tertiary/aromatic N) is 1. The second-order valence-electron chi connectivity index (χ2n) is 2.92. The molecular formula is C9H12ClNO. The molecule has 0 spiro atoms. The molecular weight excluding hydrogens is 174 g/mol. The smallest absolute Gasteiger partial charge is 0.129 e. The minimum atomic E-state index is 0.0590. The second kappa shape index (κ2) is 3.87. The van der Waals surface area contributed by atoms with Crippen LogP contribution in [0.4, 0.5) is 0 Å². The summed E-state index contributed by atoms with van der Waals surface area (Å²) in [4.78, 5) is 4.15. The fraction of sp³-hybridized carbons (Fsp3) is 0.444. The van der Waals surface area contributed by atoms with E-state index in [-0.39, 0.29) is 12.5 Å². The highest BCUT2D eigenvalue weighted by atomic mass is 35.5. The Kier molecular flexibility index (Phi) is 3.06. The van der Waals surface area contributed by atoms with Gasteiger partial charge in [-0.05, 0) is 18.6 Å². The summed E-state index contributed by atoms with van der Waals surface area (Å²) in [6, 6.07) is 3.67. The van der Waals surface area contributed by atoms with Gasteiger partial charge >= 0.3 is 0 Å². The van der Waals surface area contributed by atoms with Crippen molar-refractivity contribution in [1.82, 2.24) is 4.98 Å². The van der Waals surface area contributed by atoms with Gasteiger partial charge in [-0.3, -0.25) is 0 Å². The number of aliphatic hydroxyl groups excluding tert-OH is 1.